The van der Waals surface area contributed by atoms with Crippen molar-refractivity contribution in [3.05, 3.63) is 59.6 Å². The Balaban J connectivity index is 1.38. The quantitative estimate of drug-likeness (QED) is 0.439. The lowest BCUT2D eigenvalue weighted by molar-refractivity contribution is -0.114. The van der Waals surface area contributed by atoms with Crippen molar-refractivity contribution in [3.8, 4) is 23.0 Å². The number of hydrogen-bond acceptors (Lipinski definition) is 6. The maximum absolute atomic E-state index is 11.3. The van der Waals surface area contributed by atoms with Gasteiger partial charge in [-0.2, -0.15) is 4.98 Å². The van der Waals surface area contributed by atoms with Crippen molar-refractivity contribution in [2.75, 3.05) is 36.5 Å². The molecule has 9 heteroatoms. The number of carbonyl (C=O) groups excluding carboxylic acids is 1. The number of halogens is 1. The number of anilines is 2. The maximum Gasteiger partial charge on any atom is 0.301 e. The molecule has 3 heterocycles. The first-order valence-electron chi connectivity index (χ1n) is 10.6. The van der Waals surface area contributed by atoms with E-state index >= 15 is 0 Å². The summed E-state index contributed by atoms with van der Waals surface area (Å²) in [6, 6.07) is 17.3. The van der Waals surface area contributed by atoms with Crippen LogP contribution in [0.4, 0.5) is 11.4 Å². The lowest BCUT2D eigenvalue weighted by Gasteiger charge is -2.28. The number of pyridine rings is 1. The first-order valence-corrected chi connectivity index (χ1v) is 11.0. The van der Waals surface area contributed by atoms with E-state index in [-0.39, 0.29) is 11.9 Å². The zero-order valence-electron chi connectivity index (χ0n) is 18.0. The van der Waals surface area contributed by atoms with Gasteiger partial charge in [0.2, 0.25) is 5.91 Å². The Hall–Kier alpha value is -3.62. The third-order valence-electron chi connectivity index (χ3n) is 5.29. The van der Waals surface area contributed by atoms with Crippen LogP contribution in [0.1, 0.15) is 6.92 Å². The second-order valence-electron chi connectivity index (χ2n) is 7.69. The fraction of sp³-hybridized carbons (Fsp3) is 0.208. The second-order valence-corrected chi connectivity index (χ2v) is 8.10. The summed E-state index contributed by atoms with van der Waals surface area (Å²) in [6.07, 6.45) is 0. The number of benzene rings is 2. The van der Waals surface area contributed by atoms with Crippen LogP contribution in [0.2, 0.25) is 5.02 Å². The number of carbonyl (C=O) groups is 1. The molecule has 33 heavy (non-hydrogen) atoms. The van der Waals surface area contributed by atoms with E-state index in [4.69, 9.17) is 21.1 Å². The third kappa shape index (κ3) is 4.76. The summed E-state index contributed by atoms with van der Waals surface area (Å²) in [5.41, 5.74) is 4.52. The molecule has 2 aromatic carbocycles. The Kier molecular flexibility index (Phi) is 5.85. The minimum absolute atomic E-state index is 0.153. The summed E-state index contributed by atoms with van der Waals surface area (Å²) in [5, 5.41) is 3.24. The normalized spacial score (nSPS) is 13.8. The molecular formula is C24H22ClN5O3. The molecule has 0 saturated carbocycles. The molecule has 168 valence electrons. The van der Waals surface area contributed by atoms with E-state index in [1.807, 2.05) is 12.1 Å². The Morgan fingerprint density at radius 1 is 1.12 bits per heavy atom. The number of fused-ring (bicyclic) bond motifs is 1. The van der Waals surface area contributed by atoms with Crippen molar-refractivity contribution in [2.24, 2.45) is 0 Å². The Morgan fingerprint density at radius 3 is 2.67 bits per heavy atom. The highest BCUT2D eigenvalue weighted by Crippen LogP contribution is 2.32. The van der Waals surface area contributed by atoms with Crippen LogP contribution in [0.5, 0.6) is 11.8 Å². The fourth-order valence-corrected chi connectivity index (χ4v) is 4.01. The molecule has 4 aromatic rings. The molecule has 2 N–H and O–H groups in total. The van der Waals surface area contributed by atoms with Gasteiger partial charge in [-0.05, 0) is 30.3 Å². The summed E-state index contributed by atoms with van der Waals surface area (Å²) in [6.45, 7) is 4.71. The smallest absolute Gasteiger partial charge is 0.301 e. The number of rotatable bonds is 5. The topological polar surface area (TPSA) is 92.4 Å². The molecule has 1 aliphatic rings. The molecule has 1 saturated heterocycles. The average Bonchev–Trinajstić information content (AvgIpc) is 3.20. The summed E-state index contributed by atoms with van der Waals surface area (Å²) in [4.78, 5) is 25.8. The molecule has 0 radical (unpaired) electrons. The third-order valence-corrected chi connectivity index (χ3v) is 5.58. The number of aromatic amines is 1. The van der Waals surface area contributed by atoms with Gasteiger partial charge in [-0.3, -0.25) is 4.79 Å². The van der Waals surface area contributed by atoms with Crippen LogP contribution < -0.4 is 15.0 Å². The second kappa shape index (κ2) is 9.09. The van der Waals surface area contributed by atoms with E-state index in [2.05, 4.69) is 37.3 Å². The van der Waals surface area contributed by atoms with Gasteiger partial charge in [-0.25, -0.2) is 4.98 Å². The van der Waals surface area contributed by atoms with E-state index in [1.165, 1.54) is 6.92 Å². The average molecular weight is 464 g/mol. The Labute approximate surface area is 195 Å². The zero-order chi connectivity index (χ0) is 22.8. The van der Waals surface area contributed by atoms with Gasteiger partial charge in [-0.15, -0.1) is 0 Å². The first kappa shape index (κ1) is 21.2. The van der Waals surface area contributed by atoms with Crippen molar-refractivity contribution in [3.63, 3.8) is 0 Å². The minimum atomic E-state index is -0.153. The van der Waals surface area contributed by atoms with Crippen LogP contribution in [-0.2, 0) is 9.53 Å². The van der Waals surface area contributed by atoms with Crippen LogP contribution in [-0.4, -0.2) is 47.2 Å². The van der Waals surface area contributed by atoms with Crippen LogP contribution in [0.15, 0.2) is 54.6 Å². The monoisotopic (exact) mass is 463 g/mol. The zero-order valence-corrected chi connectivity index (χ0v) is 18.7. The molecular weight excluding hydrogens is 442 g/mol. The fourth-order valence-electron chi connectivity index (χ4n) is 3.75. The number of nitrogens with zero attached hydrogens (tertiary/aromatic N) is 3. The number of morpholine rings is 1. The number of aromatic nitrogens is 3. The highest BCUT2D eigenvalue weighted by atomic mass is 35.5. The van der Waals surface area contributed by atoms with Gasteiger partial charge in [0.1, 0.15) is 5.75 Å². The van der Waals surface area contributed by atoms with Gasteiger partial charge in [0.05, 0.1) is 29.4 Å². The molecule has 5 rings (SSSR count). The molecule has 8 nitrogen and oxygen atoms in total. The summed E-state index contributed by atoms with van der Waals surface area (Å²) < 4.78 is 11.3. The molecule has 1 amide bonds. The van der Waals surface area contributed by atoms with Gasteiger partial charge < -0.3 is 24.7 Å². The number of H-pyrrole nitrogens is 1. The Morgan fingerprint density at radius 2 is 1.91 bits per heavy atom. The predicted octanol–water partition coefficient (Wildman–Crippen LogP) is 4.87. The highest BCUT2D eigenvalue weighted by Gasteiger charge is 2.15. The number of imidazole rings is 1. The lowest BCUT2D eigenvalue weighted by atomic mass is 10.1. The molecule has 0 unspecified atom stereocenters. The number of ether oxygens (including phenoxy) is 2. The SMILES string of the molecule is CC(=O)Nc1cccc(Oc2nc3nc(-c4ccc(N5CCOCC5)cc4)c(Cl)cc3[nH]2)c1. The van der Waals surface area contributed by atoms with E-state index in [9.17, 15) is 4.79 Å². The van der Waals surface area contributed by atoms with Crippen LogP contribution >= 0.6 is 11.6 Å². The number of nitrogens with one attached hydrogen (secondary N) is 2. The molecule has 1 fully saturated rings. The van der Waals surface area contributed by atoms with Gasteiger partial charge in [0.25, 0.3) is 0 Å². The standard InChI is InChI=1S/C24H22ClN5O3/c1-15(31)26-17-3-2-4-19(13-17)33-24-27-21-14-20(25)22(28-23(21)29-24)16-5-7-18(8-6-16)30-9-11-32-12-10-30/h2-8,13-14H,9-12H2,1H3,(H,26,31)(H,27,28,29). The predicted molar refractivity (Wildman–Crippen MR) is 128 cm³/mol. The van der Waals surface area contributed by atoms with Crippen LogP contribution in [0, 0.1) is 0 Å². The molecule has 0 atom stereocenters. The number of amides is 1. The van der Waals surface area contributed by atoms with E-state index in [0.29, 0.717) is 33.3 Å². The Bertz CT molecular complexity index is 1300. The molecule has 0 aliphatic carbocycles. The van der Waals surface area contributed by atoms with Crippen molar-refractivity contribution >= 4 is 40.0 Å². The summed E-state index contributed by atoms with van der Waals surface area (Å²) in [5.74, 6) is 0.380. The van der Waals surface area contributed by atoms with Gasteiger partial charge in [0, 0.05) is 43.0 Å². The highest BCUT2D eigenvalue weighted by molar-refractivity contribution is 6.33. The maximum atomic E-state index is 11.3. The van der Waals surface area contributed by atoms with E-state index in [1.54, 1.807) is 30.3 Å². The number of hydrogen-bond donors (Lipinski definition) is 2. The van der Waals surface area contributed by atoms with Crippen LogP contribution in [0.25, 0.3) is 22.4 Å². The molecule has 1 aliphatic heterocycles. The first-order chi connectivity index (χ1) is 16.0. The summed E-state index contributed by atoms with van der Waals surface area (Å²) >= 11 is 6.55. The summed E-state index contributed by atoms with van der Waals surface area (Å²) in [7, 11) is 0. The molecule has 0 spiro atoms. The largest absolute Gasteiger partial charge is 0.426 e. The molecule has 2 aromatic heterocycles. The minimum Gasteiger partial charge on any atom is -0.426 e. The van der Waals surface area contributed by atoms with E-state index in [0.717, 1.165) is 37.6 Å². The van der Waals surface area contributed by atoms with Gasteiger partial charge in [0.15, 0.2) is 5.65 Å². The lowest BCUT2D eigenvalue weighted by Crippen LogP contribution is -2.36. The van der Waals surface area contributed by atoms with Crippen LogP contribution in [0.3, 0.4) is 0 Å². The molecule has 0 bridgehead atoms. The van der Waals surface area contributed by atoms with Crippen molar-refractivity contribution < 1.29 is 14.3 Å². The van der Waals surface area contributed by atoms with Crippen molar-refractivity contribution in [2.45, 2.75) is 6.92 Å². The van der Waals surface area contributed by atoms with Gasteiger partial charge in [-0.1, -0.05) is 29.8 Å². The van der Waals surface area contributed by atoms with Gasteiger partial charge >= 0.3 is 6.01 Å². The van der Waals surface area contributed by atoms with Crippen molar-refractivity contribution in [1.82, 2.24) is 15.0 Å². The van der Waals surface area contributed by atoms with E-state index < -0.39 is 0 Å². The van der Waals surface area contributed by atoms with Crippen molar-refractivity contribution in [1.29, 1.82) is 0 Å².